The summed E-state index contributed by atoms with van der Waals surface area (Å²) in [5, 5.41) is 14.0. The summed E-state index contributed by atoms with van der Waals surface area (Å²) in [6, 6.07) is 6.94. The lowest BCUT2D eigenvalue weighted by Crippen LogP contribution is -2.04. The maximum absolute atomic E-state index is 11.6. The number of nitrogen functional groups attached to an aromatic ring is 1. The molecule has 1 aromatic carbocycles. The number of halogens is 1. The van der Waals surface area contributed by atoms with E-state index < -0.39 is 5.24 Å². The molecule has 2 heterocycles. The molecule has 0 aliphatic carbocycles. The zero-order valence-electron chi connectivity index (χ0n) is 11.2. The van der Waals surface area contributed by atoms with Gasteiger partial charge in [0.1, 0.15) is 11.4 Å². The van der Waals surface area contributed by atoms with E-state index in [-0.39, 0.29) is 17.3 Å². The van der Waals surface area contributed by atoms with Gasteiger partial charge in [0.05, 0.1) is 7.11 Å². The highest BCUT2D eigenvalue weighted by atomic mass is 35.5. The second-order valence-corrected chi connectivity index (χ2v) is 4.52. The van der Waals surface area contributed by atoms with E-state index in [1.54, 1.807) is 24.3 Å². The highest BCUT2D eigenvalue weighted by molar-refractivity contribution is 6.67. The van der Waals surface area contributed by atoms with Crippen molar-refractivity contribution in [2.24, 2.45) is 0 Å². The zero-order chi connectivity index (χ0) is 15.7. The topological polar surface area (TPSA) is 122 Å². The van der Waals surface area contributed by atoms with Gasteiger partial charge in [0, 0.05) is 5.56 Å². The lowest BCUT2D eigenvalue weighted by molar-refractivity contribution is 0.107. The molecule has 0 aliphatic rings. The Morgan fingerprint density at radius 3 is 2.86 bits per heavy atom. The van der Waals surface area contributed by atoms with Crippen molar-refractivity contribution in [3.8, 4) is 22.8 Å². The van der Waals surface area contributed by atoms with Crippen molar-refractivity contribution in [1.29, 1.82) is 0 Å². The SMILES string of the molecule is COc1cccc(-c2c(C(=O)Cl)nnn2-c2nonc2N)c1. The van der Waals surface area contributed by atoms with E-state index in [1.807, 2.05) is 0 Å². The molecule has 0 saturated heterocycles. The average molecular weight is 321 g/mol. The molecular formula is C12H9ClN6O3. The molecule has 0 bridgehead atoms. The molecule has 0 radical (unpaired) electrons. The molecule has 10 heteroatoms. The van der Waals surface area contributed by atoms with Crippen molar-refractivity contribution < 1.29 is 14.2 Å². The number of benzene rings is 1. The third-order valence-electron chi connectivity index (χ3n) is 2.90. The lowest BCUT2D eigenvalue weighted by atomic mass is 10.1. The van der Waals surface area contributed by atoms with Crippen LogP contribution in [0.1, 0.15) is 10.5 Å². The highest BCUT2D eigenvalue weighted by Gasteiger charge is 2.24. The predicted octanol–water partition coefficient (Wildman–Crippen LogP) is 1.29. The van der Waals surface area contributed by atoms with E-state index in [2.05, 4.69) is 25.3 Å². The van der Waals surface area contributed by atoms with Crippen LogP contribution in [0.25, 0.3) is 17.1 Å². The van der Waals surface area contributed by atoms with Crippen molar-refractivity contribution in [2.45, 2.75) is 0 Å². The first kappa shape index (κ1) is 14.0. The number of rotatable bonds is 4. The van der Waals surface area contributed by atoms with Gasteiger partial charge in [-0.3, -0.25) is 4.79 Å². The van der Waals surface area contributed by atoms with E-state index in [0.29, 0.717) is 17.0 Å². The standard InChI is InChI=1S/C12H9ClN6O3/c1-21-7-4-2-3-6(5-7)9-8(10(13)20)15-18-19(9)12-11(14)16-22-17-12/h2-5H,1H3,(H2,14,16). The van der Waals surface area contributed by atoms with E-state index in [0.717, 1.165) is 0 Å². The van der Waals surface area contributed by atoms with Crippen LogP contribution in [0, 0.1) is 0 Å². The van der Waals surface area contributed by atoms with Crippen LogP contribution in [-0.4, -0.2) is 37.7 Å². The quantitative estimate of drug-likeness (QED) is 0.713. The molecule has 0 spiro atoms. The van der Waals surface area contributed by atoms with Crippen LogP contribution in [0.2, 0.25) is 0 Å². The van der Waals surface area contributed by atoms with Gasteiger partial charge in [-0.15, -0.1) is 5.10 Å². The smallest absolute Gasteiger partial charge is 0.275 e. The molecule has 0 aliphatic heterocycles. The molecule has 112 valence electrons. The van der Waals surface area contributed by atoms with Crippen LogP contribution in [0.4, 0.5) is 5.82 Å². The molecule has 0 saturated carbocycles. The lowest BCUT2D eigenvalue weighted by Gasteiger charge is -2.06. The normalized spacial score (nSPS) is 10.6. The van der Waals surface area contributed by atoms with Gasteiger partial charge in [-0.25, -0.2) is 4.63 Å². The predicted molar refractivity (Wildman–Crippen MR) is 75.8 cm³/mol. The first-order valence-corrected chi connectivity index (χ1v) is 6.38. The van der Waals surface area contributed by atoms with Gasteiger partial charge in [0.2, 0.25) is 11.6 Å². The van der Waals surface area contributed by atoms with Gasteiger partial charge in [-0.2, -0.15) is 4.68 Å². The van der Waals surface area contributed by atoms with Crippen molar-refractivity contribution in [3.63, 3.8) is 0 Å². The van der Waals surface area contributed by atoms with Gasteiger partial charge in [-0.05, 0) is 34.0 Å². The van der Waals surface area contributed by atoms with Gasteiger partial charge < -0.3 is 10.5 Å². The Labute approximate surface area is 128 Å². The van der Waals surface area contributed by atoms with E-state index in [9.17, 15) is 4.79 Å². The second-order valence-electron chi connectivity index (χ2n) is 4.18. The Kier molecular flexibility index (Phi) is 3.47. The highest BCUT2D eigenvalue weighted by Crippen LogP contribution is 2.29. The van der Waals surface area contributed by atoms with Gasteiger partial charge >= 0.3 is 0 Å². The molecule has 2 N–H and O–H groups in total. The number of nitrogens with two attached hydrogens (primary N) is 1. The van der Waals surface area contributed by atoms with Crippen molar-refractivity contribution in [3.05, 3.63) is 30.0 Å². The van der Waals surface area contributed by atoms with E-state index in [1.165, 1.54) is 11.8 Å². The van der Waals surface area contributed by atoms with Gasteiger partial charge in [0.15, 0.2) is 5.69 Å². The summed E-state index contributed by atoms with van der Waals surface area (Å²) < 4.78 is 10.9. The van der Waals surface area contributed by atoms with E-state index in [4.69, 9.17) is 22.1 Å². The molecular weight excluding hydrogens is 312 g/mol. The Hall–Kier alpha value is -2.94. The van der Waals surface area contributed by atoms with Crippen molar-refractivity contribution >= 4 is 22.7 Å². The molecule has 0 atom stereocenters. The van der Waals surface area contributed by atoms with Crippen molar-refractivity contribution in [2.75, 3.05) is 12.8 Å². The summed E-state index contributed by atoms with van der Waals surface area (Å²) in [6.07, 6.45) is 0. The molecule has 2 aromatic heterocycles. The summed E-state index contributed by atoms with van der Waals surface area (Å²) in [5.41, 5.74) is 6.52. The van der Waals surface area contributed by atoms with Crippen LogP contribution >= 0.6 is 11.6 Å². The third kappa shape index (κ3) is 2.27. The number of hydrogen-bond acceptors (Lipinski definition) is 8. The number of carbonyl (C=O) groups is 1. The minimum absolute atomic E-state index is 0.00242. The Morgan fingerprint density at radius 1 is 1.41 bits per heavy atom. The number of aromatic nitrogens is 5. The molecule has 3 aromatic rings. The number of carbonyl (C=O) groups excluding carboxylic acids is 1. The van der Waals surface area contributed by atoms with Crippen LogP contribution < -0.4 is 10.5 Å². The van der Waals surface area contributed by atoms with Gasteiger partial charge in [-0.1, -0.05) is 17.3 Å². The summed E-state index contributed by atoms with van der Waals surface area (Å²) in [5.74, 6) is 0.696. The molecule has 3 rings (SSSR count). The summed E-state index contributed by atoms with van der Waals surface area (Å²) >= 11 is 5.57. The number of ether oxygens (including phenoxy) is 1. The molecule has 0 amide bonds. The Balaban J connectivity index is 2.26. The minimum Gasteiger partial charge on any atom is -0.497 e. The number of nitrogens with zero attached hydrogens (tertiary/aromatic N) is 5. The zero-order valence-corrected chi connectivity index (χ0v) is 12.0. The number of hydrogen-bond donors (Lipinski definition) is 1. The van der Waals surface area contributed by atoms with Crippen LogP contribution in [-0.2, 0) is 0 Å². The molecule has 0 fully saturated rings. The first-order valence-electron chi connectivity index (χ1n) is 6.00. The van der Waals surface area contributed by atoms with E-state index >= 15 is 0 Å². The fraction of sp³-hybridized carbons (Fsp3) is 0.0833. The third-order valence-corrected chi connectivity index (χ3v) is 3.07. The minimum atomic E-state index is -0.765. The average Bonchev–Trinajstić information content (AvgIpc) is 3.12. The first-order chi connectivity index (χ1) is 10.6. The van der Waals surface area contributed by atoms with Crippen LogP contribution in [0.3, 0.4) is 0 Å². The monoisotopic (exact) mass is 320 g/mol. The van der Waals surface area contributed by atoms with Crippen molar-refractivity contribution in [1.82, 2.24) is 25.3 Å². The maximum atomic E-state index is 11.6. The van der Waals surface area contributed by atoms with Crippen LogP contribution in [0.15, 0.2) is 28.9 Å². The Morgan fingerprint density at radius 2 is 2.23 bits per heavy atom. The fourth-order valence-corrected chi connectivity index (χ4v) is 2.06. The summed E-state index contributed by atoms with van der Waals surface area (Å²) in [6.45, 7) is 0. The molecule has 0 unspecified atom stereocenters. The summed E-state index contributed by atoms with van der Waals surface area (Å²) in [7, 11) is 1.53. The number of anilines is 1. The molecule has 22 heavy (non-hydrogen) atoms. The number of methoxy groups -OCH3 is 1. The maximum Gasteiger partial charge on any atom is 0.275 e. The largest absolute Gasteiger partial charge is 0.497 e. The Bertz CT molecular complexity index is 843. The summed E-state index contributed by atoms with van der Waals surface area (Å²) in [4.78, 5) is 11.6. The fourth-order valence-electron chi connectivity index (χ4n) is 1.93. The second kappa shape index (κ2) is 5.45. The van der Waals surface area contributed by atoms with Crippen LogP contribution in [0.5, 0.6) is 5.75 Å². The van der Waals surface area contributed by atoms with Gasteiger partial charge in [0.25, 0.3) is 5.24 Å². The molecule has 9 nitrogen and oxygen atoms in total.